The van der Waals surface area contributed by atoms with Gasteiger partial charge in [-0.1, -0.05) is 18.9 Å². The standard InChI is InChI=1S/C17H21F3N2O2/c18-17(19,20)11-24-14-6-3-5-13(8-14)22-15(23)16-7-2-1-4-12(16)9-21-10-16/h3,5-6,8,12,21H,1-2,4,7,9-11H2,(H,22,23)/t12-,16+/m0/s1. The Morgan fingerprint density at radius 1 is 1.38 bits per heavy atom. The normalized spacial score (nSPS) is 26.7. The molecule has 1 saturated heterocycles. The van der Waals surface area contributed by atoms with Gasteiger partial charge in [0.1, 0.15) is 5.75 Å². The van der Waals surface area contributed by atoms with Crippen LogP contribution in [0.5, 0.6) is 5.75 Å². The summed E-state index contributed by atoms with van der Waals surface area (Å²) < 4.78 is 41.5. The van der Waals surface area contributed by atoms with E-state index in [0.717, 1.165) is 32.2 Å². The predicted octanol–water partition coefficient (Wildman–Crippen LogP) is 3.35. The fraction of sp³-hybridized carbons (Fsp3) is 0.588. The molecule has 1 saturated carbocycles. The minimum Gasteiger partial charge on any atom is -0.484 e. The first-order chi connectivity index (χ1) is 11.4. The van der Waals surface area contributed by atoms with Gasteiger partial charge in [-0.3, -0.25) is 4.79 Å². The van der Waals surface area contributed by atoms with Crippen LogP contribution in [0, 0.1) is 11.3 Å². The molecule has 0 radical (unpaired) electrons. The average molecular weight is 342 g/mol. The predicted molar refractivity (Wildman–Crippen MR) is 83.9 cm³/mol. The molecule has 0 spiro atoms. The summed E-state index contributed by atoms with van der Waals surface area (Å²) in [5.41, 5.74) is 0.0615. The Morgan fingerprint density at radius 3 is 3.00 bits per heavy atom. The summed E-state index contributed by atoms with van der Waals surface area (Å²) >= 11 is 0. The summed E-state index contributed by atoms with van der Waals surface area (Å²) in [6.07, 6.45) is -0.332. The van der Waals surface area contributed by atoms with Crippen LogP contribution in [0.15, 0.2) is 24.3 Å². The van der Waals surface area contributed by atoms with Gasteiger partial charge in [-0.25, -0.2) is 0 Å². The van der Waals surface area contributed by atoms with Crippen LogP contribution in [0.4, 0.5) is 18.9 Å². The second kappa shape index (κ2) is 6.63. The number of fused-ring (bicyclic) bond motifs is 1. The second-order valence-electron chi connectivity index (χ2n) is 6.62. The van der Waals surface area contributed by atoms with E-state index in [1.807, 2.05) is 0 Å². The molecule has 24 heavy (non-hydrogen) atoms. The van der Waals surface area contributed by atoms with E-state index in [9.17, 15) is 18.0 Å². The largest absolute Gasteiger partial charge is 0.484 e. The van der Waals surface area contributed by atoms with Crippen molar-refractivity contribution in [1.29, 1.82) is 0 Å². The van der Waals surface area contributed by atoms with Gasteiger partial charge in [0.2, 0.25) is 5.91 Å². The zero-order valence-electron chi connectivity index (χ0n) is 13.3. The van der Waals surface area contributed by atoms with Gasteiger partial charge < -0.3 is 15.4 Å². The fourth-order valence-electron chi connectivity index (χ4n) is 3.77. The molecule has 0 unspecified atom stereocenters. The van der Waals surface area contributed by atoms with Crippen LogP contribution in [-0.4, -0.2) is 31.8 Å². The first-order valence-electron chi connectivity index (χ1n) is 8.21. The maximum atomic E-state index is 12.8. The summed E-state index contributed by atoms with van der Waals surface area (Å²) in [6.45, 7) is 0.163. The lowest BCUT2D eigenvalue weighted by Gasteiger charge is -2.37. The van der Waals surface area contributed by atoms with Crippen molar-refractivity contribution >= 4 is 11.6 Å². The number of benzene rings is 1. The number of hydrogen-bond donors (Lipinski definition) is 2. The zero-order valence-corrected chi connectivity index (χ0v) is 13.3. The summed E-state index contributed by atoms with van der Waals surface area (Å²) in [5, 5.41) is 6.18. The van der Waals surface area contributed by atoms with Crippen molar-refractivity contribution in [2.24, 2.45) is 11.3 Å². The summed E-state index contributed by atoms with van der Waals surface area (Å²) in [7, 11) is 0. The molecule has 2 atom stereocenters. The summed E-state index contributed by atoms with van der Waals surface area (Å²) in [6, 6.07) is 6.11. The number of anilines is 1. The molecule has 2 aliphatic rings. The van der Waals surface area contributed by atoms with E-state index in [2.05, 4.69) is 10.6 Å². The van der Waals surface area contributed by atoms with Gasteiger partial charge >= 0.3 is 6.18 Å². The highest BCUT2D eigenvalue weighted by molar-refractivity contribution is 5.96. The van der Waals surface area contributed by atoms with Gasteiger partial charge in [0.25, 0.3) is 0 Å². The maximum absolute atomic E-state index is 12.8. The first-order valence-corrected chi connectivity index (χ1v) is 8.21. The molecular formula is C17H21F3N2O2. The highest BCUT2D eigenvalue weighted by atomic mass is 19.4. The van der Waals surface area contributed by atoms with Crippen LogP contribution in [0.2, 0.25) is 0 Å². The topological polar surface area (TPSA) is 50.4 Å². The first kappa shape index (κ1) is 17.1. The van der Waals surface area contributed by atoms with Crippen molar-refractivity contribution in [2.45, 2.75) is 31.9 Å². The number of hydrogen-bond acceptors (Lipinski definition) is 3. The van der Waals surface area contributed by atoms with Gasteiger partial charge in [0.15, 0.2) is 6.61 Å². The maximum Gasteiger partial charge on any atom is 0.422 e. The van der Waals surface area contributed by atoms with Gasteiger partial charge in [-0.2, -0.15) is 13.2 Å². The molecule has 1 heterocycles. The Hall–Kier alpha value is -1.76. The Labute approximate surface area is 138 Å². The van der Waals surface area contributed by atoms with Crippen molar-refractivity contribution in [2.75, 3.05) is 25.0 Å². The molecule has 1 aromatic rings. The smallest absolute Gasteiger partial charge is 0.422 e. The lowest BCUT2D eigenvalue weighted by atomic mass is 9.67. The van der Waals surface area contributed by atoms with Crippen molar-refractivity contribution in [3.63, 3.8) is 0 Å². The van der Waals surface area contributed by atoms with Crippen molar-refractivity contribution in [1.82, 2.24) is 5.32 Å². The fourth-order valence-corrected chi connectivity index (χ4v) is 3.77. The monoisotopic (exact) mass is 342 g/mol. The Morgan fingerprint density at radius 2 is 2.21 bits per heavy atom. The van der Waals surface area contributed by atoms with Crippen molar-refractivity contribution < 1.29 is 22.7 Å². The molecule has 2 N–H and O–H groups in total. The van der Waals surface area contributed by atoms with Crippen molar-refractivity contribution in [3.05, 3.63) is 24.3 Å². The number of nitrogens with one attached hydrogen (secondary N) is 2. The van der Waals surface area contributed by atoms with E-state index in [1.165, 1.54) is 12.1 Å². The lowest BCUT2D eigenvalue weighted by molar-refractivity contribution is -0.153. The van der Waals surface area contributed by atoms with E-state index in [-0.39, 0.29) is 11.7 Å². The molecular weight excluding hydrogens is 321 g/mol. The minimum absolute atomic E-state index is 0.0508. The zero-order chi connectivity index (χ0) is 17.2. The van der Waals surface area contributed by atoms with E-state index in [1.54, 1.807) is 12.1 Å². The van der Waals surface area contributed by atoms with E-state index in [0.29, 0.717) is 18.2 Å². The number of rotatable bonds is 4. The molecule has 4 nitrogen and oxygen atoms in total. The van der Waals surface area contributed by atoms with Gasteiger partial charge in [-0.05, 0) is 37.4 Å². The Kier molecular flexibility index (Phi) is 4.71. The SMILES string of the molecule is O=C(Nc1cccc(OCC(F)(F)F)c1)[C@@]12CCCC[C@H]1CNC2. The summed E-state index contributed by atoms with van der Waals surface area (Å²) in [5.74, 6) is 0.369. The number of carbonyl (C=O) groups is 1. The molecule has 2 fully saturated rings. The van der Waals surface area contributed by atoms with E-state index < -0.39 is 18.2 Å². The highest BCUT2D eigenvalue weighted by Crippen LogP contribution is 2.44. The summed E-state index contributed by atoms with van der Waals surface area (Å²) in [4.78, 5) is 12.8. The molecule has 0 bridgehead atoms. The number of halogens is 3. The Balaban J connectivity index is 1.68. The lowest BCUT2D eigenvalue weighted by Crippen LogP contribution is -2.44. The number of ether oxygens (including phenoxy) is 1. The quantitative estimate of drug-likeness (QED) is 0.882. The van der Waals surface area contributed by atoms with Crippen LogP contribution in [0.3, 0.4) is 0 Å². The number of carbonyl (C=O) groups excluding carboxylic acids is 1. The van der Waals surface area contributed by atoms with Gasteiger partial charge in [-0.15, -0.1) is 0 Å². The van der Waals surface area contributed by atoms with Gasteiger partial charge in [0, 0.05) is 18.3 Å². The van der Waals surface area contributed by atoms with Crippen molar-refractivity contribution in [3.8, 4) is 5.75 Å². The minimum atomic E-state index is -4.39. The molecule has 1 aromatic carbocycles. The van der Waals surface area contributed by atoms with Crippen LogP contribution in [0.1, 0.15) is 25.7 Å². The molecule has 3 rings (SSSR count). The average Bonchev–Trinajstić information content (AvgIpc) is 2.98. The molecule has 1 amide bonds. The second-order valence-corrected chi connectivity index (χ2v) is 6.62. The molecule has 0 aromatic heterocycles. The molecule has 7 heteroatoms. The van der Waals surface area contributed by atoms with E-state index in [4.69, 9.17) is 4.74 Å². The third kappa shape index (κ3) is 3.66. The van der Waals surface area contributed by atoms with Crippen LogP contribution in [-0.2, 0) is 4.79 Å². The molecule has 1 aliphatic carbocycles. The third-order valence-electron chi connectivity index (χ3n) is 4.98. The number of alkyl halides is 3. The van der Waals surface area contributed by atoms with Gasteiger partial charge in [0.05, 0.1) is 5.41 Å². The Bertz CT molecular complexity index is 606. The van der Waals surface area contributed by atoms with Crippen LogP contribution >= 0.6 is 0 Å². The third-order valence-corrected chi connectivity index (χ3v) is 4.98. The van der Waals surface area contributed by atoms with Crippen LogP contribution < -0.4 is 15.4 Å². The highest BCUT2D eigenvalue weighted by Gasteiger charge is 2.49. The van der Waals surface area contributed by atoms with E-state index >= 15 is 0 Å². The van der Waals surface area contributed by atoms with Crippen LogP contribution in [0.25, 0.3) is 0 Å². The number of amides is 1. The molecule has 132 valence electrons. The molecule has 1 aliphatic heterocycles.